The molecule has 116 valence electrons. The normalized spacial score (nSPS) is 20.4. The number of carbonyl (C=O) groups is 1. The number of aryl methyl sites for hydroxylation is 1. The molecule has 1 saturated carbocycles. The van der Waals surface area contributed by atoms with Crippen LogP contribution in [0, 0.1) is 12.8 Å². The topological polar surface area (TPSA) is 49.6 Å². The molecule has 1 N–H and O–H groups in total. The lowest BCUT2D eigenvalue weighted by Crippen LogP contribution is -2.44. The number of anilines is 1. The number of nitrogens with one attached hydrogen (secondary N) is 1. The lowest BCUT2D eigenvalue weighted by molar-refractivity contribution is -0.121. The van der Waals surface area contributed by atoms with Crippen molar-refractivity contribution in [2.45, 2.75) is 38.6 Å². The molecule has 4 rings (SSSR count). The van der Waals surface area contributed by atoms with E-state index in [1.165, 1.54) is 25.7 Å². The fourth-order valence-electron chi connectivity index (χ4n) is 3.55. The summed E-state index contributed by atoms with van der Waals surface area (Å²) in [5, 5.41) is 3.11. The minimum absolute atomic E-state index is 0.0397. The highest BCUT2D eigenvalue weighted by Crippen LogP contribution is 2.37. The molecule has 1 atom stereocenters. The molecule has 1 amide bonds. The van der Waals surface area contributed by atoms with E-state index in [0.29, 0.717) is 5.92 Å². The van der Waals surface area contributed by atoms with Crippen molar-refractivity contribution >= 4 is 17.4 Å². The first kappa shape index (κ1) is 13.8. The van der Waals surface area contributed by atoms with Crippen LogP contribution in [0.3, 0.4) is 0 Å². The van der Waals surface area contributed by atoms with Gasteiger partial charge in [0.15, 0.2) is 0 Å². The fraction of sp³-hybridized carbons (Fsp3) is 0.529. The van der Waals surface area contributed by atoms with Gasteiger partial charge >= 0.3 is 0 Å². The van der Waals surface area contributed by atoms with Gasteiger partial charge in [-0.05, 0) is 63.2 Å². The average molecular weight is 298 g/mol. The van der Waals surface area contributed by atoms with Crippen molar-refractivity contribution in [3.63, 3.8) is 0 Å². The highest BCUT2D eigenvalue weighted by Gasteiger charge is 2.41. The molecule has 5 nitrogen and oxygen atoms in total. The third kappa shape index (κ3) is 2.39. The van der Waals surface area contributed by atoms with Crippen molar-refractivity contribution in [3.05, 3.63) is 30.1 Å². The zero-order valence-corrected chi connectivity index (χ0v) is 13.0. The smallest absolute Gasteiger partial charge is 0.243 e. The molecule has 22 heavy (non-hydrogen) atoms. The Bertz CT molecular complexity index is 698. The van der Waals surface area contributed by atoms with Crippen LogP contribution in [0.4, 0.5) is 5.82 Å². The third-order valence-electron chi connectivity index (χ3n) is 4.85. The van der Waals surface area contributed by atoms with E-state index in [9.17, 15) is 4.79 Å². The van der Waals surface area contributed by atoms with Crippen molar-refractivity contribution in [2.75, 3.05) is 18.4 Å². The minimum Gasteiger partial charge on any atom is -0.309 e. The maximum atomic E-state index is 12.8. The molecule has 2 fully saturated rings. The molecule has 2 aliphatic rings. The van der Waals surface area contributed by atoms with Gasteiger partial charge in [-0.3, -0.25) is 14.1 Å². The SMILES string of the molecule is Cc1cccn2c(NC(=O)[C@H](C3CC3)N3CCCC3)cnc12. The minimum atomic E-state index is 0.0397. The Morgan fingerprint density at radius 2 is 2.14 bits per heavy atom. The van der Waals surface area contributed by atoms with Gasteiger partial charge in [0.25, 0.3) is 0 Å². The number of nitrogens with zero attached hydrogens (tertiary/aromatic N) is 3. The van der Waals surface area contributed by atoms with Crippen LogP contribution < -0.4 is 5.32 Å². The highest BCUT2D eigenvalue weighted by atomic mass is 16.2. The second kappa shape index (κ2) is 5.39. The van der Waals surface area contributed by atoms with Crippen LogP contribution in [0.1, 0.15) is 31.2 Å². The molecule has 2 aromatic heterocycles. The van der Waals surface area contributed by atoms with E-state index in [1.54, 1.807) is 6.20 Å². The molecule has 3 heterocycles. The van der Waals surface area contributed by atoms with Crippen LogP contribution in [-0.4, -0.2) is 39.3 Å². The zero-order chi connectivity index (χ0) is 15.1. The van der Waals surface area contributed by atoms with Crippen LogP contribution in [0.5, 0.6) is 0 Å². The van der Waals surface area contributed by atoms with Gasteiger partial charge in [0.05, 0.1) is 12.2 Å². The molecule has 0 bridgehead atoms. The van der Waals surface area contributed by atoms with Gasteiger partial charge in [-0.2, -0.15) is 0 Å². The summed E-state index contributed by atoms with van der Waals surface area (Å²) < 4.78 is 1.96. The largest absolute Gasteiger partial charge is 0.309 e. The zero-order valence-electron chi connectivity index (χ0n) is 13.0. The Kier molecular flexibility index (Phi) is 3.37. The van der Waals surface area contributed by atoms with Gasteiger partial charge in [-0.15, -0.1) is 0 Å². The first-order valence-corrected chi connectivity index (χ1v) is 8.21. The van der Waals surface area contributed by atoms with E-state index in [2.05, 4.69) is 15.2 Å². The molecular formula is C17H22N4O. The molecule has 1 aliphatic heterocycles. The van der Waals surface area contributed by atoms with E-state index in [0.717, 1.165) is 30.1 Å². The van der Waals surface area contributed by atoms with E-state index < -0.39 is 0 Å². The van der Waals surface area contributed by atoms with E-state index in [4.69, 9.17) is 0 Å². The fourth-order valence-corrected chi connectivity index (χ4v) is 3.55. The number of aromatic nitrogens is 2. The second-order valence-corrected chi connectivity index (χ2v) is 6.54. The molecule has 0 aromatic carbocycles. The van der Waals surface area contributed by atoms with Crippen LogP contribution in [0.25, 0.3) is 5.65 Å². The number of pyridine rings is 1. The maximum Gasteiger partial charge on any atom is 0.243 e. The van der Waals surface area contributed by atoms with Crippen molar-refractivity contribution < 1.29 is 4.79 Å². The number of amides is 1. The molecule has 0 spiro atoms. The summed E-state index contributed by atoms with van der Waals surface area (Å²) in [6.07, 6.45) is 8.50. The summed E-state index contributed by atoms with van der Waals surface area (Å²) in [7, 11) is 0. The molecule has 0 unspecified atom stereocenters. The highest BCUT2D eigenvalue weighted by molar-refractivity contribution is 5.95. The molecule has 1 aliphatic carbocycles. The van der Waals surface area contributed by atoms with Crippen molar-refractivity contribution in [1.82, 2.24) is 14.3 Å². The van der Waals surface area contributed by atoms with Crippen molar-refractivity contribution in [2.24, 2.45) is 5.92 Å². The van der Waals surface area contributed by atoms with Crippen LogP contribution >= 0.6 is 0 Å². The number of hydrogen-bond donors (Lipinski definition) is 1. The van der Waals surface area contributed by atoms with Gasteiger partial charge in [-0.1, -0.05) is 6.07 Å². The Morgan fingerprint density at radius 3 is 2.86 bits per heavy atom. The van der Waals surface area contributed by atoms with Gasteiger partial charge < -0.3 is 5.32 Å². The number of fused-ring (bicyclic) bond motifs is 1. The average Bonchev–Trinajstić information content (AvgIpc) is 3.02. The third-order valence-corrected chi connectivity index (χ3v) is 4.85. The summed E-state index contributed by atoms with van der Waals surface area (Å²) in [5.41, 5.74) is 2.02. The molecular weight excluding hydrogens is 276 g/mol. The monoisotopic (exact) mass is 298 g/mol. The first-order chi connectivity index (χ1) is 10.7. The molecule has 2 aromatic rings. The van der Waals surface area contributed by atoms with E-state index in [-0.39, 0.29) is 11.9 Å². The summed E-state index contributed by atoms with van der Waals surface area (Å²) in [6.45, 7) is 4.15. The molecule has 0 radical (unpaired) electrons. The van der Waals surface area contributed by atoms with Crippen LogP contribution in [0.15, 0.2) is 24.5 Å². The number of likely N-dealkylation sites (tertiary alicyclic amines) is 1. The van der Waals surface area contributed by atoms with Gasteiger partial charge in [0.2, 0.25) is 5.91 Å². The number of imidazole rings is 1. The first-order valence-electron chi connectivity index (χ1n) is 8.21. The Hall–Kier alpha value is -1.88. The van der Waals surface area contributed by atoms with Crippen LogP contribution in [-0.2, 0) is 4.79 Å². The summed E-state index contributed by atoms with van der Waals surface area (Å²) in [6, 6.07) is 4.06. The lowest BCUT2D eigenvalue weighted by atomic mass is 10.1. The Morgan fingerprint density at radius 1 is 1.36 bits per heavy atom. The quantitative estimate of drug-likeness (QED) is 0.943. The van der Waals surface area contributed by atoms with Crippen molar-refractivity contribution in [1.29, 1.82) is 0 Å². The Balaban J connectivity index is 1.58. The van der Waals surface area contributed by atoms with Crippen molar-refractivity contribution in [3.8, 4) is 0 Å². The summed E-state index contributed by atoms with van der Waals surface area (Å²) in [4.78, 5) is 19.6. The van der Waals surface area contributed by atoms with E-state index in [1.807, 2.05) is 29.7 Å². The van der Waals surface area contributed by atoms with Gasteiger partial charge in [0, 0.05) is 6.20 Å². The standard InChI is InChI=1S/C17H22N4O/c1-12-5-4-10-21-14(11-18-16(12)21)19-17(22)15(13-6-7-13)20-8-2-3-9-20/h4-5,10-11,13,15H,2-3,6-9H2,1H3,(H,19,22)/t15-/m0/s1. The van der Waals surface area contributed by atoms with E-state index >= 15 is 0 Å². The second-order valence-electron chi connectivity index (χ2n) is 6.54. The molecule has 5 heteroatoms. The predicted octanol–water partition coefficient (Wildman–Crippen LogP) is 2.46. The number of rotatable bonds is 4. The summed E-state index contributed by atoms with van der Waals surface area (Å²) >= 11 is 0. The maximum absolute atomic E-state index is 12.8. The predicted molar refractivity (Wildman–Crippen MR) is 85.9 cm³/mol. The van der Waals surface area contributed by atoms with Gasteiger partial charge in [0.1, 0.15) is 11.5 Å². The van der Waals surface area contributed by atoms with Gasteiger partial charge in [-0.25, -0.2) is 4.98 Å². The summed E-state index contributed by atoms with van der Waals surface area (Å²) in [5.74, 6) is 1.44. The Labute approximate surface area is 130 Å². The molecule has 1 saturated heterocycles. The lowest BCUT2D eigenvalue weighted by Gasteiger charge is -2.26. The number of carbonyl (C=O) groups excluding carboxylic acids is 1. The van der Waals surface area contributed by atoms with Crippen LogP contribution in [0.2, 0.25) is 0 Å². The number of hydrogen-bond acceptors (Lipinski definition) is 3.